The molecule has 1 unspecified atom stereocenters. The Labute approximate surface area is 129 Å². The lowest BCUT2D eigenvalue weighted by Gasteiger charge is -2.12. The van der Waals surface area contributed by atoms with Gasteiger partial charge in [-0.15, -0.1) is 0 Å². The van der Waals surface area contributed by atoms with Crippen LogP contribution in [-0.4, -0.2) is 4.98 Å². The van der Waals surface area contributed by atoms with Crippen molar-refractivity contribution in [3.8, 4) is 0 Å². The quantitative estimate of drug-likeness (QED) is 0.633. The maximum Gasteiger partial charge on any atom is 0.0465 e. The minimum atomic E-state index is 0.174. The molecular formula is C14H12Br2ClN. The molecule has 0 radical (unpaired) electrons. The molecule has 4 heteroatoms. The minimum absolute atomic E-state index is 0.174. The molecule has 94 valence electrons. The molecule has 2 aromatic rings. The topological polar surface area (TPSA) is 12.9 Å². The fraction of sp³-hybridized carbons (Fsp3) is 0.214. The molecule has 0 bridgehead atoms. The van der Waals surface area contributed by atoms with Crippen molar-refractivity contribution in [2.24, 2.45) is 0 Å². The molecule has 0 amide bonds. The van der Waals surface area contributed by atoms with Gasteiger partial charge in [0.15, 0.2) is 0 Å². The molecule has 1 heterocycles. The lowest BCUT2D eigenvalue weighted by molar-refractivity contribution is 0.902. The van der Waals surface area contributed by atoms with E-state index in [1.165, 1.54) is 5.56 Å². The zero-order valence-electron chi connectivity index (χ0n) is 9.83. The number of benzene rings is 1. The van der Waals surface area contributed by atoms with Crippen LogP contribution in [0.15, 0.2) is 41.0 Å². The Balaban J connectivity index is 2.16. The number of rotatable bonds is 3. The van der Waals surface area contributed by atoms with Gasteiger partial charge in [-0.25, -0.2) is 0 Å². The summed E-state index contributed by atoms with van der Waals surface area (Å²) < 4.78 is 0.990. The van der Waals surface area contributed by atoms with E-state index in [9.17, 15) is 0 Å². The van der Waals surface area contributed by atoms with Crippen molar-refractivity contribution in [1.29, 1.82) is 0 Å². The average molecular weight is 390 g/mol. The van der Waals surface area contributed by atoms with Crippen LogP contribution >= 0.6 is 43.5 Å². The lowest BCUT2D eigenvalue weighted by atomic mass is 10.1. The van der Waals surface area contributed by atoms with Crippen LogP contribution in [0.4, 0.5) is 0 Å². The molecule has 0 saturated carbocycles. The first-order valence-electron chi connectivity index (χ1n) is 5.57. The van der Waals surface area contributed by atoms with Crippen LogP contribution < -0.4 is 0 Å². The Kier molecular flexibility index (Phi) is 4.82. The highest BCUT2D eigenvalue weighted by Gasteiger charge is 2.13. The third-order valence-electron chi connectivity index (χ3n) is 2.66. The molecule has 0 saturated heterocycles. The van der Waals surface area contributed by atoms with Gasteiger partial charge in [-0.2, -0.15) is 0 Å². The fourth-order valence-corrected chi connectivity index (χ4v) is 3.34. The molecule has 0 spiro atoms. The molecule has 0 aliphatic carbocycles. The van der Waals surface area contributed by atoms with E-state index in [0.29, 0.717) is 0 Å². The lowest BCUT2D eigenvalue weighted by Crippen LogP contribution is -1.98. The third-order valence-corrected chi connectivity index (χ3v) is 4.30. The monoisotopic (exact) mass is 387 g/mol. The number of pyridine rings is 1. The molecule has 0 aliphatic heterocycles. The van der Waals surface area contributed by atoms with Crippen molar-refractivity contribution < 1.29 is 0 Å². The van der Waals surface area contributed by atoms with Crippen molar-refractivity contribution in [1.82, 2.24) is 4.98 Å². The Morgan fingerprint density at radius 1 is 1.28 bits per heavy atom. The first-order valence-corrected chi connectivity index (χ1v) is 7.65. The first-order chi connectivity index (χ1) is 8.56. The van der Waals surface area contributed by atoms with Crippen LogP contribution in [0.25, 0.3) is 0 Å². The van der Waals surface area contributed by atoms with Crippen molar-refractivity contribution in [2.75, 3.05) is 0 Å². The maximum absolute atomic E-state index is 6.24. The summed E-state index contributed by atoms with van der Waals surface area (Å²) in [5.41, 5.74) is 3.32. The summed E-state index contributed by atoms with van der Waals surface area (Å²) in [7, 11) is 0. The van der Waals surface area contributed by atoms with E-state index in [1.807, 2.05) is 31.3 Å². The summed E-state index contributed by atoms with van der Waals surface area (Å²) in [6.45, 7) is 2.04. The van der Waals surface area contributed by atoms with Gasteiger partial charge in [-0.3, -0.25) is 4.98 Å². The highest BCUT2D eigenvalue weighted by molar-refractivity contribution is 9.10. The summed E-state index contributed by atoms with van der Waals surface area (Å²) in [6, 6.07) is 10.1. The maximum atomic E-state index is 6.24. The smallest absolute Gasteiger partial charge is 0.0465 e. The first kappa shape index (κ1) is 14.0. The predicted octanol–water partition coefficient (Wildman–Crippen LogP) is 5.48. The van der Waals surface area contributed by atoms with Gasteiger partial charge < -0.3 is 0 Å². The van der Waals surface area contributed by atoms with Crippen LogP contribution in [0.2, 0.25) is 5.02 Å². The Bertz CT molecular complexity index is 540. The van der Waals surface area contributed by atoms with Crippen LogP contribution in [0.1, 0.15) is 21.6 Å². The standard InChI is InChI=1S/C14H12Br2ClN/c1-9-2-4-11(18-8-9)7-13(16)12-5-3-10(15)6-14(12)17/h2-6,8,13H,7H2,1H3. The molecule has 1 aromatic heterocycles. The number of aromatic nitrogens is 1. The van der Waals surface area contributed by atoms with Crippen LogP contribution in [-0.2, 0) is 6.42 Å². The van der Waals surface area contributed by atoms with Gasteiger partial charge in [0.25, 0.3) is 0 Å². The molecule has 1 atom stereocenters. The fourth-order valence-electron chi connectivity index (χ4n) is 1.67. The number of hydrogen-bond acceptors (Lipinski definition) is 1. The van der Waals surface area contributed by atoms with E-state index in [2.05, 4.69) is 49.0 Å². The Hall–Kier alpha value is -0.380. The van der Waals surface area contributed by atoms with Gasteiger partial charge in [0.05, 0.1) is 0 Å². The van der Waals surface area contributed by atoms with E-state index in [-0.39, 0.29) is 4.83 Å². The van der Waals surface area contributed by atoms with Crippen LogP contribution in [0.3, 0.4) is 0 Å². The van der Waals surface area contributed by atoms with Gasteiger partial charge in [-0.1, -0.05) is 55.6 Å². The summed E-state index contributed by atoms with van der Waals surface area (Å²) in [5, 5.41) is 0.762. The summed E-state index contributed by atoms with van der Waals surface area (Å²) in [5.74, 6) is 0. The summed E-state index contributed by atoms with van der Waals surface area (Å²) >= 11 is 13.3. The number of halogens is 3. The van der Waals surface area contributed by atoms with E-state index in [0.717, 1.165) is 27.2 Å². The van der Waals surface area contributed by atoms with Crippen molar-refractivity contribution >= 4 is 43.5 Å². The molecule has 0 fully saturated rings. The second-order valence-corrected chi connectivity index (χ2v) is 6.59. The normalized spacial score (nSPS) is 12.4. The van der Waals surface area contributed by atoms with Gasteiger partial charge in [0, 0.05) is 32.6 Å². The second-order valence-electron chi connectivity index (χ2n) is 4.16. The Morgan fingerprint density at radius 2 is 2.06 bits per heavy atom. The highest BCUT2D eigenvalue weighted by atomic mass is 79.9. The molecule has 2 rings (SSSR count). The summed E-state index contributed by atoms with van der Waals surface area (Å²) in [6.07, 6.45) is 2.71. The van der Waals surface area contributed by atoms with Crippen LogP contribution in [0.5, 0.6) is 0 Å². The zero-order valence-corrected chi connectivity index (χ0v) is 13.8. The zero-order chi connectivity index (χ0) is 13.1. The largest absolute Gasteiger partial charge is 0.261 e. The number of nitrogens with zero attached hydrogens (tertiary/aromatic N) is 1. The molecule has 0 N–H and O–H groups in total. The molecular weight excluding hydrogens is 377 g/mol. The minimum Gasteiger partial charge on any atom is -0.261 e. The number of hydrogen-bond donors (Lipinski definition) is 0. The second kappa shape index (κ2) is 6.18. The van der Waals surface area contributed by atoms with Gasteiger partial charge in [0.2, 0.25) is 0 Å². The molecule has 1 aromatic carbocycles. The van der Waals surface area contributed by atoms with Gasteiger partial charge in [0.1, 0.15) is 0 Å². The summed E-state index contributed by atoms with van der Waals surface area (Å²) in [4.78, 5) is 4.58. The third kappa shape index (κ3) is 3.56. The Morgan fingerprint density at radius 3 is 2.67 bits per heavy atom. The van der Waals surface area contributed by atoms with E-state index in [4.69, 9.17) is 11.6 Å². The SMILES string of the molecule is Cc1ccc(CC(Br)c2ccc(Br)cc2Cl)nc1. The van der Waals surface area contributed by atoms with E-state index in [1.54, 1.807) is 0 Å². The highest BCUT2D eigenvalue weighted by Crippen LogP contribution is 2.33. The van der Waals surface area contributed by atoms with Crippen molar-refractivity contribution in [3.05, 3.63) is 62.8 Å². The van der Waals surface area contributed by atoms with E-state index < -0.39 is 0 Å². The molecule has 0 aliphatic rings. The van der Waals surface area contributed by atoms with Crippen LogP contribution in [0, 0.1) is 6.92 Å². The van der Waals surface area contributed by atoms with Crippen molar-refractivity contribution in [2.45, 2.75) is 18.2 Å². The van der Waals surface area contributed by atoms with E-state index >= 15 is 0 Å². The predicted molar refractivity (Wildman–Crippen MR) is 83.5 cm³/mol. The van der Waals surface area contributed by atoms with Crippen molar-refractivity contribution in [3.63, 3.8) is 0 Å². The molecule has 18 heavy (non-hydrogen) atoms. The number of alkyl halides is 1. The van der Waals surface area contributed by atoms with Gasteiger partial charge in [-0.05, 0) is 36.2 Å². The average Bonchev–Trinajstić information content (AvgIpc) is 2.32. The van der Waals surface area contributed by atoms with Gasteiger partial charge >= 0.3 is 0 Å². The number of aryl methyl sites for hydroxylation is 1. The molecule has 1 nitrogen and oxygen atoms in total.